The standard InChI is InChI=1S/C30H20N2O5S.O3S.O2S/c1-32-23-16-15-22(31-18-11-13-19(14-12-18)38(36)37)25-26(23)24(20-9-5-6-10-21(20)29(25)34)27(30(32)35)28(33)17-7-3-2-4-8-17;1-4(2)3;1-3-2/h2-16,31H,1H3,(H,36,37);;. The van der Waals surface area contributed by atoms with E-state index in [9.17, 15) is 23.1 Å². The van der Waals surface area contributed by atoms with Gasteiger partial charge in [0.05, 0.1) is 27.2 Å². The van der Waals surface area contributed by atoms with Crippen molar-refractivity contribution in [3.05, 3.63) is 124 Å². The average Bonchev–Trinajstić information content (AvgIpc) is 3.02. The molecular weight excluding hydrogens is 645 g/mol. The Morgan fingerprint density at radius 3 is 1.91 bits per heavy atom. The minimum absolute atomic E-state index is 0.0133. The first-order chi connectivity index (χ1) is 21.5. The lowest BCUT2D eigenvalue weighted by Gasteiger charge is -2.25. The van der Waals surface area contributed by atoms with Crippen LogP contribution in [0.15, 0.2) is 101 Å². The lowest BCUT2D eigenvalue weighted by Crippen LogP contribution is -2.29. The van der Waals surface area contributed by atoms with Gasteiger partial charge in [0.1, 0.15) is 0 Å². The predicted molar refractivity (Wildman–Crippen MR) is 165 cm³/mol. The quantitative estimate of drug-likeness (QED) is 0.202. The van der Waals surface area contributed by atoms with Gasteiger partial charge in [-0.1, -0.05) is 54.6 Å². The van der Waals surface area contributed by atoms with Gasteiger partial charge in [-0.15, -0.1) is 12.6 Å². The van der Waals surface area contributed by atoms with Gasteiger partial charge in [-0.3, -0.25) is 14.4 Å². The second kappa shape index (κ2) is 14.0. The predicted octanol–water partition coefficient (Wildman–Crippen LogP) is 3.63. The highest BCUT2D eigenvalue weighted by molar-refractivity contribution is 7.79. The summed E-state index contributed by atoms with van der Waals surface area (Å²) in [6.07, 6.45) is 0. The van der Waals surface area contributed by atoms with Gasteiger partial charge in [-0.05, 0) is 42.0 Å². The minimum atomic E-state index is -3.11. The largest absolute Gasteiger partial charge is 0.425 e. The Morgan fingerprint density at radius 2 is 1.33 bits per heavy atom. The Balaban J connectivity index is 0.000000601. The second-order valence-electron chi connectivity index (χ2n) is 9.24. The molecular formula is C30H20N2O10S3. The zero-order valence-electron chi connectivity index (χ0n) is 23.0. The molecule has 45 heavy (non-hydrogen) atoms. The Morgan fingerprint density at radius 1 is 0.778 bits per heavy atom. The fourth-order valence-electron chi connectivity index (χ4n) is 5.03. The van der Waals surface area contributed by atoms with E-state index < -0.39 is 44.6 Å². The molecule has 0 amide bonds. The van der Waals surface area contributed by atoms with Gasteiger partial charge >= 0.3 is 22.2 Å². The minimum Gasteiger partial charge on any atom is -0.355 e. The number of aromatic nitrogens is 1. The number of carbonyl (C=O) groups is 2. The van der Waals surface area contributed by atoms with E-state index in [4.69, 9.17) is 21.0 Å². The zero-order chi connectivity index (χ0) is 32.8. The second-order valence-corrected chi connectivity index (χ2v) is 10.8. The molecule has 0 fully saturated rings. The number of pyridine rings is 1. The third kappa shape index (κ3) is 6.66. The highest BCUT2D eigenvalue weighted by atomic mass is 32.2. The normalized spacial score (nSPS) is 11.6. The van der Waals surface area contributed by atoms with E-state index in [1.165, 1.54) is 16.7 Å². The van der Waals surface area contributed by atoms with Crippen LogP contribution in [0.3, 0.4) is 0 Å². The molecule has 228 valence electrons. The Hall–Kier alpha value is -5.22. The summed E-state index contributed by atoms with van der Waals surface area (Å²) in [6, 6.07) is 25.4. The summed E-state index contributed by atoms with van der Waals surface area (Å²) in [5.41, 5.74) is 3.32. The molecule has 0 bridgehead atoms. The van der Waals surface area contributed by atoms with Gasteiger partial charge in [0.25, 0.3) is 5.56 Å². The van der Waals surface area contributed by atoms with Crippen LogP contribution >= 0.6 is 0 Å². The van der Waals surface area contributed by atoms with Crippen LogP contribution in [0.4, 0.5) is 11.4 Å². The summed E-state index contributed by atoms with van der Waals surface area (Å²) in [7, 11) is -1.52. The topological polar surface area (TPSA) is 191 Å². The molecule has 1 aliphatic rings. The number of ketones is 2. The number of nitrogens with one attached hydrogen (secondary N) is 1. The van der Waals surface area contributed by atoms with Crippen molar-refractivity contribution < 1.29 is 39.4 Å². The number of nitrogens with zero attached hydrogens (tertiary/aromatic N) is 1. The number of hydrogen-bond acceptors (Lipinski definition) is 10. The molecule has 1 atom stereocenters. The first kappa shape index (κ1) is 32.7. The number of aryl methyl sites for hydroxylation is 1. The third-order valence-corrected chi connectivity index (χ3v) is 7.50. The highest BCUT2D eigenvalue weighted by Crippen LogP contribution is 2.44. The number of carbonyl (C=O) groups excluding carboxylic acids is 2. The van der Waals surface area contributed by atoms with Gasteiger partial charge in [0.2, 0.25) is 0 Å². The lowest BCUT2D eigenvalue weighted by atomic mass is 9.80. The van der Waals surface area contributed by atoms with E-state index >= 15 is 0 Å². The number of anilines is 2. The maximum Gasteiger partial charge on any atom is 0.425 e. The van der Waals surface area contributed by atoms with Crippen molar-refractivity contribution in [2.24, 2.45) is 7.05 Å². The Labute approximate surface area is 262 Å². The summed E-state index contributed by atoms with van der Waals surface area (Å²) >= 11 is -2.86. The van der Waals surface area contributed by atoms with Crippen LogP contribution in [0.25, 0.3) is 22.0 Å². The van der Waals surface area contributed by atoms with E-state index in [0.717, 1.165) is 0 Å². The van der Waals surface area contributed by atoms with Gasteiger partial charge < -0.3 is 14.4 Å². The van der Waals surface area contributed by atoms with Crippen molar-refractivity contribution in [3.63, 3.8) is 0 Å². The molecule has 15 heteroatoms. The maximum absolute atomic E-state index is 13.9. The zero-order valence-corrected chi connectivity index (χ0v) is 25.4. The lowest BCUT2D eigenvalue weighted by molar-refractivity contribution is 0.102. The van der Waals surface area contributed by atoms with Crippen molar-refractivity contribution in [2.45, 2.75) is 4.90 Å². The molecule has 0 radical (unpaired) electrons. The van der Waals surface area contributed by atoms with Crippen LogP contribution in [0, 0.1) is 0 Å². The van der Waals surface area contributed by atoms with E-state index in [1.807, 2.05) is 0 Å². The van der Waals surface area contributed by atoms with Crippen molar-refractivity contribution in [3.8, 4) is 11.1 Å². The van der Waals surface area contributed by atoms with Crippen molar-refractivity contribution in [2.75, 3.05) is 5.32 Å². The number of fused-ring (bicyclic) bond motifs is 2. The molecule has 0 saturated carbocycles. The summed E-state index contributed by atoms with van der Waals surface area (Å²) in [6.45, 7) is 0. The molecule has 12 nitrogen and oxygen atoms in total. The van der Waals surface area contributed by atoms with Gasteiger partial charge in [-0.25, -0.2) is 4.21 Å². The van der Waals surface area contributed by atoms with Crippen molar-refractivity contribution in [1.29, 1.82) is 0 Å². The third-order valence-electron chi connectivity index (χ3n) is 6.83. The van der Waals surface area contributed by atoms with Crippen LogP contribution < -0.4 is 10.9 Å². The maximum atomic E-state index is 13.9. The molecule has 0 saturated heterocycles. The molecule has 1 heterocycles. The summed E-state index contributed by atoms with van der Waals surface area (Å²) < 4.78 is 64.0. The highest BCUT2D eigenvalue weighted by Gasteiger charge is 2.33. The fraction of sp³-hybridized carbons (Fsp3) is 0.0333. The van der Waals surface area contributed by atoms with Crippen molar-refractivity contribution >= 4 is 67.1 Å². The van der Waals surface area contributed by atoms with E-state index in [-0.39, 0.29) is 16.2 Å². The van der Waals surface area contributed by atoms with E-state index in [1.54, 1.807) is 85.9 Å². The molecule has 1 aliphatic carbocycles. The number of hydrogen-bond donors (Lipinski definition) is 2. The smallest absolute Gasteiger partial charge is 0.355 e. The first-order valence-corrected chi connectivity index (χ1v) is 15.4. The molecule has 0 aliphatic heterocycles. The summed E-state index contributed by atoms with van der Waals surface area (Å²) in [5.74, 6) is -0.643. The molecule has 5 aromatic rings. The van der Waals surface area contributed by atoms with Gasteiger partial charge in [-0.2, -0.15) is 8.42 Å². The van der Waals surface area contributed by atoms with Crippen LogP contribution in [0.1, 0.15) is 31.8 Å². The van der Waals surface area contributed by atoms with Crippen LogP contribution in [-0.4, -0.2) is 45.9 Å². The van der Waals surface area contributed by atoms with Crippen LogP contribution in [0.2, 0.25) is 0 Å². The molecule has 0 spiro atoms. The van der Waals surface area contributed by atoms with Crippen LogP contribution in [-0.2, 0) is 40.3 Å². The Bertz CT molecular complexity index is 2200. The first-order valence-electron chi connectivity index (χ1n) is 12.6. The molecule has 2 N–H and O–H groups in total. The van der Waals surface area contributed by atoms with Crippen molar-refractivity contribution in [1.82, 2.24) is 4.57 Å². The summed E-state index contributed by atoms with van der Waals surface area (Å²) in [4.78, 5) is 41.6. The van der Waals surface area contributed by atoms with Gasteiger partial charge in [0, 0.05) is 34.8 Å². The number of benzene rings is 4. The monoisotopic (exact) mass is 664 g/mol. The summed E-state index contributed by atoms with van der Waals surface area (Å²) in [5, 5.41) is 3.77. The molecule has 6 rings (SSSR count). The Kier molecular flexibility index (Phi) is 10.2. The SMILES string of the molecule is Cn1c(=O)c(C(=O)c2ccccc2)c2c3c(c(Nc4ccc(S(=O)O)cc4)ccc31)C(=O)c1ccccc1-2.O=S(=O)=O.O=S=O. The van der Waals surface area contributed by atoms with E-state index in [0.29, 0.717) is 50.1 Å². The number of rotatable bonds is 5. The van der Waals surface area contributed by atoms with Gasteiger partial charge in [0.15, 0.2) is 22.6 Å². The van der Waals surface area contributed by atoms with E-state index in [2.05, 4.69) is 5.32 Å². The van der Waals surface area contributed by atoms with Crippen LogP contribution in [0.5, 0.6) is 0 Å². The molecule has 1 aromatic heterocycles. The average molecular weight is 665 g/mol. The molecule has 1 unspecified atom stereocenters. The molecule has 4 aromatic carbocycles. The fourth-order valence-corrected chi connectivity index (χ4v) is 5.40.